The van der Waals surface area contributed by atoms with Gasteiger partial charge in [0.1, 0.15) is 23.1 Å². The van der Waals surface area contributed by atoms with Crippen molar-refractivity contribution in [2.75, 3.05) is 4.90 Å². The Bertz CT molecular complexity index is 1680. The van der Waals surface area contributed by atoms with Gasteiger partial charge in [-0.05, 0) is 107 Å². The van der Waals surface area contributed by atoms with Gasteiger partial charge in [-0.15, -0.1) is 0 Å². The van der Waals surface area contributed by atoms with E-state index >= 15 is 0 Å². The molecule has 8 heteroatoms. The Morgan fingerprint density at radius 1 is 0.689 bits per heavy atom. The van der Waals surface area contributed by atoms with Crippen molar-refractivity contribution >= 4 is 35.2 Å². The molecule has 0 saturated carbocycles. The molecule has 0 saturated heterocycles. The van der Waals surface area contributed by atoms with Crippen LogP contribution in [0.1, 0.15) is 44.4 Å². The quantitative estimate of drug-likeness (QED) is 0.216. The summed E-state index contributed by atoms with van der Waals surface area (Å²) >= 11 is 0. The van der Waals surface area contributed by atoms with Gasteiger partial charge in [-0.2, -0.15) is 0 Å². The third kappa shape index (κ3) is 7.99. The fourth-order valence-electron chi connectivity index (χ4n) is 4.90. The lowest BCUT2D eigenvalue weighted by Crippen LogP contribution is -2.50. The van der Waals surface area contributed by atoms with Crippen molar-refractivity contribution in [3.63, 3.8) is 0 Å². The van der Waals surface area contributed by atoms with Crippen LogP contribution in [0.5, 0.6) is 11.5 Å². The van der Waals surface area contributed by atoms with Gasteiger partial charge in [0.15, 0.2) is 23.7 Å². The first-order valence-corrected chi connectivity index (χ1v) is 15.0. The number of carbonyl (C=O) groups excluding carboxylic acids is 2. The van der Waals surface area contributed by atoms with Gasteiger partial charge in [-0.1, -0.05) is 49.4 Å². The maximum absolute atomic E-state index is 13.1. The van der Waals surface area contributed by atoms with Gasteiger partial charge < -0.3 is 9.47 Å². The predicted molar refractivity (Wildman–Crippen MR) is 178 cm³/mol. The van der Waals surface area contributed by atoms with E-state index in [4.69, 9.17) is 9.47 Å². The summed E-state index contributed by atoms with van der Waals surface area (Å²) in [5.41, 5.74) is 4.07. The number of anilines is 2. The van der Waals surface area contributed by atoms with E-state index in [1.165, 1.54) is 29.7 Å². The molecule has 0 aliphatic carbocycles. The van der Waals surface area contributed by atoms with Crippen LogP contribution in [-0.4, -0.2) is 29.6 Å². The highest BCUT2D eigenvalue weighted by Gasteiger charge is 2.41. The second kappa shape index (κ2) is 13.3. The Morgan fingerprint density at radius 3 is 1.78 bits per heavy atom. The van der Waals surface area contributed by atoms with Crippen molar-refractivity contribution < 1.29 is 27.8 Å². The van der Waals surface area contributed by atoms with Crippen LogP contribution in [0.2, 0.25) is 13.6 Å². The summed E-state index contributed by atoms with van der Waals surface area (Å²) in [4.78, 5) is 25.9. The van der Waals surface area contributed by atoms with Crippen molar-refractivity contribution in [2.24, 2.45) is 0 Å². The summed E-state index contributed by atoms with van der Waals surface area (Å²) in [6.45, 7) is 15.8. The van der Waals surface area contributed by atoms with Crippen molar-refractivity contribution in [3.05, 3.63) is 113 Å². The highest BCUT2D eigenvalue weighted by Crippen LogP contribution is 2.42. The molecule has 2 aliphatic rings. The molecule has 0 atom stereocenters. The number of halogens is 2. The monoisotopic (exact) mass is 611 g/mol. The lowest BCUT2D eigenvalue weighted by atomic mass is 9.49. The van der Waals surface area contributed by atoms with Gasteiger partial charge in [0.25, 0.3) is 5.91 Å². The normalized spacial score (nSPS) is 15.6. The molecule has 0 bridgehead atoms. The number of rotatable bonds is 2. The molecule has 4 aromatic carbocycles. The smallest absolute Gasteiger partial charge is 0.275 e. The Balaban J connectivity index is 0.000000166. The minimum absolute atomic E-state index is 0.147. The molecule has 234 valence electrons. The largest absolute Gasteiger partial charge is 0.480 e. The van der Waals surface area contributed by atoms with Crippen LogP contribution < -0.4 is 19.8 Å². The number of Topliss-reactive ketones (excluding diaryl/α,β-unsaturated/α-hetero) is 1. The van der Waals surface area contributed by atoms with Crippen molar-refractivity contribution in [1.29, 1.82) is 0 Å². The summed E-state index contributed by atoms with van der Waals surface area (Å²) in [6.07, 6.45) is 0.489. The molecule has 2 aliphatic heterocycles. The highest BCUT2D eigenvalue weighted by atomic mass is 19.1. The third-order valence-electron chi connectivity index (χ3n) is 7.67. The van der Waals surface area contributed by atoms with E-state index in [0.717, 1.165) is 22.4 Å². The molecule has 0 spiro atoms. The van der Waals surface area contributed by atoms with E-state index in [-0.39, 0.29) is 23.3 Å². The fraction of sp³-hybridized carbons (Fsp3) is 0.297. The minimum Gasteiger partial charge on any atom is -0.480 e. The zero-order valence-corrected chi connectivity index (χ0v) is 27.2. The van der Waals surface area contributed by atoms with Gasteiger partial charge in [-0.25, -0.2) is 8.78 Å². The highest BCUT2D eigenvalue weighted by molar-refractivity contribution is 6.70. The molecule has 45 heavy (non-hydrogen) atoms. The van der Waals surface area contributed by atoms with E-state index in [2.05, 4.69) is 13.6 Å². The molecular formula is C37H40BF2NO4. The molecule has 6 rings (SSSR count). The second-order valence-corrected chi connectivity index (χ2v) is 12.7. The first-order valence-electron chi connectivity index (χ1n) is 15.0. The van der Waals surface area contributed by atoms with Crippen LogP contribution in [0, 0.1) is 25.5 Å². The van der Waals surface area contributed by atoms with E-state index in [1.807, 2.05) is 76.2 Å². The second-order valence-electron chi connectivity index (χ2n) is 12.7. The number of nitrogens with zero attached hydrogens (tertiary/aromatic N) is 1. The summed E-state index contributed by atoms with van der Waals surface area (Å²) in [6, 6.07) is 24.2. The molecule has 4 aromatic rings. The standard InChI is InChI=1S/C17H16FNO2.C12H14O2.C8H10BF/c1-11-4-9-14-15(10-11)21-17(2,3)16(20)19(14)13-7-5-12(18)6-8-13;1-8-4-5-9-7-11(13)12(2,3)14-10(9)6-8;1-9(2)7-3-5-8(10)6-4-7/h4-10H,1-3H3;4-6H,7H2,1-3H3;3-6H,1-2H3. The fourth-order valence-corrected chi connectivity index (χ4v) is 4.90. The maximum Gasteiger partial charge on any atom is 0.275 e. The minimum atomic E-state index is -0.963. The van der Waals surface area contributed by atoms with E-state index in [0.29, 0.717) is 30.3 Å². The lowest BCUT2D eigenvalue weighted by molar-refractivity contribution is -0.133. The Labute approximate surface area is 265 Å². The molecule has 0 unspecified atom stereocenters. The molecule has 0 N–H and O–H groups in total. The molecule has 0 radical (unpaired) electrons. The molecule has 5 nitrogen and oxygen atoms in total. The van der Waals surface area contributed by atoms with Crippen LogP contribution >= 0.6 is 0 Å². The van der Waals surface area contributed by atoms with Gasteiger partial charge in [0.2, 0.25) is 0 Å². The van der Waals surface area contributed by atoms with Crippen molar-refractivity contribution in [1.82, 2.24) is 0 Å². The number of ketones is 1. The van der Waals surface area contributed by atoms with E-state index < -0.39 is 11.2 Å². The van der Waals surface area contributed by atoms with Crippen LogP contribution in [-0.2, 0) is 16.0 Å². The van der Waals surface area contributed by atoms with Crippen LogP contribution in [0.4, 0.5) is 20.2 Å². The summed E-state index contributed by atoms with van der Waals surface area (Å²) in [5.74, 6) is 0.991. The number of benzene rings is 4. The average Bonchev–Trinajstić information content (AvgIpc) is 2.96. The predicted octanol–water partition coefficient (Wildman–Crippen LogP) is 8.03. The third-order valence-corrected chi connectivity index (χ3v) is 7.67. The average molecular weight is 612 g/mol. The number of fused-ring (bicyclic) bond motifs is 2. The lowest BCUT2D eigenvalue weighted by Gasteiger charge is -2.38. The summed E-state index contributed by atoms with van der Waals surface area (Å²) in [7, 11) is 0. The van der Waals surface area contributed by atoms with Crippen LogP contribution in [0.15, 0.2) is 84.9 Å². The number of amides is 1. The summed E-state index contributed by atoms with van der Waals surface area (Å²) in [5, 5.41) is 0. The zero-order chi connectivity index (χ0) is 33.1. The Kier molecular flexibility index (Phi) is 9.86. The number of carbonyl (C=O) groups is 2. The Hall–Kier alpha value is -4.46. The number of hydrogen-bond donors (Lipinski definition) is 0. The SMILES string of the molecule is CB(C)c1ccc(F)cc1.Cc1ccc2c(c1)OC(C)(C)C(=O)C2.Cc1ccc2c(c1)OC(C)(C)C(=O)N2c1ccc(F)cc1. The van der Waals surface area contributed by atoms with Crippen LogP contribution in [0.3, 0.4) is 0 Å². The zero-order valence-electron chi connectivity index (χ0n) is 27.2. The first kappa shape index (κ1) is 33.4. The Morgan fingerprint density at radius 2 is 1.20 bits per heavy atom. The van der Waals surface area contributed by atoms with Crippen molar-refractivity contribution in [2.45, 2.75) is 72.8 Å². The number of ether oxygens (including phenoxy) is 2. The molecule has 0 fully saturated rings. The molecule has 0 aromatic heterocycles. The van der Waals surface area contributed by atoms with Crippen molar-refractivity contribution in [3.8, 4) is 11.5 Å². The van der Waals surface area contributed by atoms with E-state index in [9.17, 15) is 18.4 Å². The molecular weight excluding hydrogens is 571 g/mol. The molecule has 2 heterocycles. The van der Waals surface area contributed by atoms with Gasteiger partial charge in [-0.3, -0.25) is 14.5 Å². The van der Waals surface area contributed by atoms with Gasteiger partial charge in [0, 0.05) is 17.7 Å². The molecule has 1 amide bonds. The first-order chi connectivity index (χ1) is 21.1. The maximum atomic E-state index is 13.1. The number of hydrogen-bond acceptors (Lipinski definition) is 4. The number of aryl methyl sites for hydroxylation is 2. The van der Waals surface area contributed by atoms with E-state index in [1.54, 1.807) is 30.9 Å². The van der Waals surface area contributed by atoms with Gasteiger partial charge >= 0.3 is 0 Å². The van der Waals surface area contributed by atoms with Gasteiger partial charge in [0.05, 0.1) is 5.69 Å². The summed E-state index contributed by atoms with van der Waals surface area (Å²) < 4.78 is 37.0. The topological polar surface area (TPSA) is 55.8 Å². The van der Waals surface area contributed by atoms with Crippen LogP contribution in [0.25, 0.3) is 0 Å².